The van der Waals surface area contributed by atoms with E-state index in [1.807, 2.05) is 0 Å². The first-order valence-corrected chi connectivity index (χ1v) is 3.00. The summed E-state index contributed by atoms with van der Waals surface area (Å²) in [5.74, 6) is -0.833. The second kappa shape index (κ2) is 60.6. The van der Waals surface area contributed by atoms with E-state index in [0.29, 0.717) is 0 Å². The zero-order chi connectivity index (χ0) is 10.3. The molecule has 0 saturated carbocycles. The molecule has 0 heterocycles. The Balaban J connectivity index is -0.0000000315. The van der Waals surface area contributed by atoms with Gasteiger partial charge in [0, 0.05) is 20.4 Å². The lowest BCUT2D eigenvalue weighted by Crippen LogP contribution is -1.78. The average molecular weight is 189 g/mol. The fourth-order valence-electron chi connectivity index (χ4n) is 0. The van der Waals surface area contributed by atoms with Gasteiger partial charge in [0.2, 0.25) is 0 Å². The van der Waals surface area contributed by atoms with Crippen LogP contribution in [0.5, 0.6) is 0 Å². The monoisotopic (exact) mass is 188 g/mol. The summed E-state index contributed by atoms with van der Waals surface area (Å²) in [7, 11) is 1.00. The van der Waals surface area contributed by atoms with Crippen molar-refractivity contribution in [1.29, 1.82) is 0 Å². The van der Waals surface area contributed by atoms with E-state index in [4.69, 9.17) is 24.9 Å². The lowest BCUT2D eigenvalue weighted by Gasteiger charge is -1.59. The van der Waals surface area contributed by atoms with Crippen LogP contribution in [0.25, 0.3) is 0 Å². The molecule has 0 aromatic carbocycles. The number of hydrogen-bond donors (Lipinski definition) is 3. The molecule has 70 valence electrons. The summed E-state index contributed by atoms with van der Waals surface area (Å²) in [6.07, 6.45) is 1.47. The van der Waals surface area contributed by atoms with Crippen molar-refractivity contribution >= 4 is 24.0 Å². The Kier molecular flexibility index (Phi) is 124. The van der Waals surface area contributed by atoms with Gasteiger partial charge in [-0.25, -0.2) is 0 Å². The molecule has 0 aliphatic carbocycles. The zero-order valence-electron chi connectivity index (χ0n) is 6.61. The number of aliphatic carboxylic acids is 1. The van der Waals surface area contributed by atoms with Gasteiger partial charge in [0.25, 0.3) is 12.4 Å². The Labute approximate surface area is 70.2 Å². The highest BCUT2D eigenvalue weighted by molar-refractivity contribution is 6.15. The van der Waals surface area contributed by atoms with Crippen molar-refractivity contribution in [2.45, 2.75) is 6.92 Å². The van der Waals surface area contributed by atoms with E-state index in [2.05, 4.69) is 11.6 Å². The number of halogens is 1. The number of hydrogen-bond acceptors (Lipinski definition) is 3. The number of rotatable bonds is 0. The Bertz CT molecular complexity index is 61.9. The molecule has 0 fully saturated rings. The first kappa shape index (κ1) is 22.5. The fraction of sp³-hybridized carbons (Fsp3) is 0.600. The zero-order valence-corrected chi connectivity index (χ0v) is 7.37. The van der Waals surface area contributed by atoms with E-state index in [1.165, 1.54) is 6.38 Å². The second-order valence-corrected chi connectivity index (χ2v) is 0.624. The molecule has 3 N–H and O–H groups in total. The van der Waals surface area contributed by atoms with Crippen LogP contribution in [0.1, 0.15) is 6.92 Å². The molecule has 6 heteroatoms. The van der Waals surface area contributed by atoms with Crippen molar-refractivity contribution in [2.24, 2.45) is 0 Å². The maximum atomic E-state index is 9.00. The van der Waals surface area contributed by atoms with Crippen molar-refractivity contribution in [3.8, 4) is 0 Å². The van der Waals surface area contributed by atoms with Crippen molar-refractivity contribution < 1.29 is 24.9 Å². The molecule has 0 saturated heterocycles. The van der Waals surface area contributed by atoms with E-state index >= 15 is 0 Å². The van der Waals surface area contributed by atoms with Crippen molar-refractivity contribution in [3.05, 3.63) is 0 Å². The number of alkyl halides is 1. The third kappa shape index (κ3) is 724. The molecular weight excluding hydrogens is 176 g/mol. The minimum absolute atomic E-state index is 0.250. The van der Waals surface area contributed by atoms with Crippen LogP contribution in [0, 0.1) is 0 Å². The maximum Gasteiger partial charge on any atom is 0.300 e. The standard InChI is InChI=1S/C2H4O2.CH3Cl.CH2O2.CH4O/c1-2(3)4;1-2;2-1-3;1-2/h1H3,(H,3,4);1H3;1H,(H,2,3);2H,1H3. The number of aliphatic hydroxyl groups is 1. The lowest BCUT2D eigenvalue weighted by atomic mass is 10.9. The molecule has 0 atom stereocenters. The van der Waals surface area contributed by atoms with E-state index < -0.39 is 5.97 Å². The van der Waals surface area contributed by atoms with Gasteiger partial charge in [-0.3, -0.25) is 9.59 Å². The Morgan fingerprint density at radius 2 is 1.36 bits per heavy atom. The summed E-state index contributed by atoms with van der Waals surface area (Å²) in [6.45, 7) is 0.833. The molecule has 0 spiro atoms. The highest BCUT2D eigenvalue weighted by Gasteiger charge is 1.65. The highest BCUT2D eigenvalue weighted by Crippen LogP contribution is 1.42. The van der Waals surface area contributed by atoms with E-state index in [9.17, 15) is 0 Å². The molecule has 0 aromatic rings. The summed E-state index contributed by atoms with van der Waals surface area (Å²) < 4.78 is 0. The largest absolute Gasteiger partial charge is 0.483 e. The van der Waals surface area contributed by atoms with Crippen LogP contribution in [0.2, 0.25) is 0 Å². The first-order valence-electron chi connectivity index (χ1n) is 2.25. The number of carboxylic acid groups (broad SMARTS) is 2. The molecular formula is C5H13ClO5. The molecule has 0 aliphatic rings. The van der Waals surface area contributed by atoms with Gasteiger partial charge < -0.3 is 15.3 Å². The highest BCUT2D eigenvalue weighted by atomic mass is 35.5. The van der Waals surface area contributed by atoms with Gasteiger partial charge in [-0.05, 0) is 0 Å². The van der Waals surface area contributed by atoms with Crippen LogP contribution in [0.3, 0.4) is 0 Å². The summed E-state index contributed by atoms with van der Waals surface area (Å²) >= 11 is 4.64. The Hall–Kier alpha value is -0.810. The van der Waals surface area contributed by atoms with Crippen molar-refractivity contribution in [3.63, 3.8) is 0 Å². The minimum Gasteiger partial charge on any atom is -0.483 e. The summed E-state index contributed by atoms with van der Waals surface area (Å²) in [5.41, 5.74) is 0. The van der Waals surface area contributed by atoms with Crippen LogP contribution >= 0.6 is 11.6 Å². The molecule has 0 amide bonds. The van der Waals surface area contributed by atoms with Gasteiger partial charge in [-0.15, -0.1) is 11.6 Å². The van der Waals surface area contributed by atoms with Crippen LogP contribution in [0.15, 0.2) is 0 Å². The predicted octanol–water partition coefficient (Wildman–Crippen LogP) is 0.255. The van der Waals surface area contributed by atoms with E-state index in [0.717, 1.165) is 14.0 Å². The van der Waals surface area contributed by atoms with Gasteiger partial charge in [-0.1, -0.05) is 0 Å². The molecule has 0 rings (SSSR count). The lowest BCUT2D eigenvalue weighted by molar-refractivity contribution is -0.134. The summed E-state index contributed by atoms with van der Waals surface area (Å²) in [5, 5.41) is 21.3. The third-order valence-electron chi connectivity index (χ3n) is 0. The van der Waals surface area contributed by atoms with Crippen LogP contribution < -0.4 is 0 Å². The SMILES string of the molecule is CC(=O)O.CCl.CO.O=CO. The Morgan fingerprint density at radius 3 is 1.36 bits per heavy atom. The number of carboxylic acids is 1. The number of aliphatic hydroxyl groups excluding tert-OH is 1. The second-order valence-electron chi connectivity index (χ2n) is 0.624. The maximum absolute atomic E-state index is 9.00. The molecule has 11 heavy (non-hydrogen) atoms. The number of carbonyl (C=O) groups is 2. The molecule has 0 radical (unpaired) electrons. The smallest absolute Gasteiger partial charge is 0.300 e. The van der Waals surface area contributed by atoms with Gasteiger partial charge >= 0.3 is 0 Å². The third-order valence-corrected chi connectivity index (χ3v) is 0. The van der Waals surface area contributed by atoms with Crippen molar-refractivity contribution in [2.75, 3.05) is 13.5 Å². The van der Waals surface area contributed by atoms with Gasteiger partial charge in [0.05, 0.1) is 0 Å². The molecule has 0 unspecified atom stereocenters. The van der Waals surface area contributed by atoms with E-state index in [-0.39, 0.29) is 6.47 Å². The molecule has 0 aliphatic heterocycles. The average Bonchev–Trinajstić information content (AvgIpc) is 1.96. The summed E-state index contributed by atoms with van der Waals surface area (Å²) in [6, 6.07) is 0. The fourth-order valence-corrected chi connectivity index (χ4v) is 0. The normalized spacial score (nSPS) is 4.45. The molecule has 0 aromatic heterocycles. The van der Waals surface area contributed by atoms with Crippen LogP contribution in [0.4, 0.5) is 0 Å². The predicted molar refractivity (Wildman–Crippen MR) is 41.9 cm³/mol. The van der Waals surface area contributed by atoms with Gasteiger partial charge in [-0.2, -0.15) is 0 Å². The van der Waals surface area contributed by atoms with Crippen LogP contribution in [-0.4, -0.2) is 41.3 Å². The topological polar surface area (TPSA) is 94.8 Å². The van der Waals surface area contributed by atoms with Crippen molar-refractivity contribution in [1.82, 2.24) is 0 Å². The van der Waals surface area contributed by atoms with Crippen LogP contribution in [-0.2, 0) is 9.59 Å². The molecule has 5 nitrogen and oxygen atoms in total. The van der Waals surface area contributed by atoms with Gasteiger partial charge in [0.1, 0.15) is 0 Å². The van der Waals surface area contributed by atoms with Gasteiger partial charge in [0.15, 0.2) is 0 Å². The minimum atomic E-state index is -0.833. The quantitative estimate of drug-likeness (QED) is 0.374. The van der Waals surface area contributed by atoms with E-state index in [1.54, 1.807) is 0 Å². The summed E-state index contributed by atoms with van der Waals surface area (Å²) in [4.78, 5) is 17.4. The molecule has 0 bridgehead atoms. The first-order chi connectivity index (χ1) is 5.15. The Morgan fingerprint density at radius 1 is 1.36 bits per heavy atom.